The summed E-state index contributed by atoms with van der Waals surface area (Å²) in [4.78, 5) is 14.1. The molecule has 0 spiro atoms. The van der Waals surface area contributed by atoms with Gasteiger partial charge >= 0.3 is 0 Å². The predicted octanol–water partition coefficient (Wildman–Crippen LogP) is 1.44. The van der Waals surface area contributed by atoms with Gasteiger partial charge in [-0.05, 0) is 31.7 Å². The Labute approximate surface area is 123 Å². The molecule has 5 nitrogen and oxygen atoms in total. The molecule has 1 saturated heterocycles. The molecule has 1 unspecified atom stereocenters. The number of likely N-dealkylation sites (tertiary alicyclic amines) is 1. The zero-order valence-electron chi connectivity index (χ0n) is 11.3. The van der Waals surface area contributed by atoms with Crippen LogP contribution in [0.5, 0.6) is 0 Å². The molecular formula is C14H17ClN4O. The molecule has 20 heavy (non-hydrogen) atoms. The first-order valence-electron chi connectivity index (χ1n) is 6.51. The van der Waals surface area contributed by atoms with Gasteiger partial charge in [-0.15, -0.1) is 0 Å². The number of halogens is 1. The van der Waals surface area contributed by atoms with E-state index in [9.17, 15) is 4.79 Å². The fourth-order valence-electron chi connectivity index (χ4n) is 2.30. The third-order valence-electron chi connectivity index (χ3n) is 3.42. The van der Waals surface area contributed by atoms with E-state index in [2.05, 4.69) is 15.5 Å². The molecule has 6 heteroatoms. The molecule has 0 bridgehead atoms. The second-order valence-electron chi connectivity index (χ2n) is 4.86. The van der Waals surface area contributed by atoms with Crippen LogP contribution in [0.3, 0.4) is 0 Å². The van der Waals surface area contributed by atoms with Crippen molar-refractivity contribution in [1.82, 2.24) is 10.2 Å². The van der Waals surface area contributed by atoms with Gasteiger partial charge in [0.1, 0.15) is 6.07 Å². The van der Waals surface area contributed by atoms with Gasteiger partial charge in [0.15, 0.2) is 0 Å². The molecule has 1 aromatic carbocycles. The van der Waals surface area contributed by atoms with E-state index in [1.165, 1.54) is 0 Å². The Hall–Kier alpha value is -1.61. The van der Waals surface area contributed by atoms with Gasteiger partial charge in [-0.25, -0.2) is 0 Å². The Morgan fingerprint density at radius 3 is 3.00 bits per heavy atom. The third-order valence-corrected chi connectivity index (χ3v) is 3.73. The maximum absolute atomic E-state index is 11.9. The van der Waals surface area contributed by atoms with Gasteiger partial charge < -0.3 is 10.6 Å². The third kappa shape index (κ3) is 3.70. The molecule has 2 N–H and O–H groups in total. The number of carbonyl (C=O) groups is 1. The number of nitrogens with one attached hydrogen (secondary N) is 2. The van der Waals surface area contributed by atoms with Crippen molar-refractivity contribution in [2.45, 2.75) is 12.5 Å². The van der Waals surface area contributed by atoms with Crippen molar-refractivity contribution in [1.29, 1.82) is 5.26 Å². The highest BCUT2D eigenvalue weighted by atomic mass is 35.5. The monoisotopic (exact) mass is 292 g/mol. The van der Waals surface area contributed by atoms with Crippen molar-refractivity contribution in [3.8, 4) is 6.07 Å². The molecule has 0 aliphatic carbocycles. The molecule has 0 saturated carbocycles. The van der Waals surface area contributed by atoms with Gasteiger partial charge in [0.05, 0.1) is 17.1 Å². The van der Waals surface area contributed by atoms with Crippen LogP contribution in [0.1, 0.15) is 12.0 Å². The Bertz CT molecular complexity index is 540. The summed E-state index contributed by atoms with van der Waals surface area (Å²) in [6.07, 6.45) is 1.06. The van der Waals surface area contributed by atoms with E-state index in [4.69, 9.17) is 16.9 Å². The number of amides is 1. The first kappa shape index (κ1) is 14.8. The van der Waals surface area contributed by atoms with Crippen LogP contribution in [0.25, 0.3) is 0 Å². The van der Waals surface area contributed by atoms with E-state index in [-0.39, 0.29) is 5.91 Å². The maximum Gasteiger partial charge on any atom is 0.238 e. The highest BCUT2D eigenvalue weighted by molar-refractivity contribution is 6.32. The van der Waals surface area contributed by atoms with Crippen LogP contribution in [-0.2, 0) is 4.79 Å². The second-order valence-corrected chi connectivity index (χ2v) is 5.27. The Morgan fingerprint density at radius 1 is 1.60 bits per heavy atom. The highest BCUT2D eigenvalue weighted by Gasteiger charge is 2.22. The lowest BCUT2D eigenvalue weighted by molar-refractivity contribution is -0.117. The average molecular weight is 293 g/mol. The molecular weight excluding hydrogens is 276 g/mol. The first-order chi connectivity index (χ1) is 9.62. The number of anilines is 1. The summed E-state index contributed by atoms with van der Waals surface area (Å²) in [5, 5.41) is 15.2. The number of likely N-dealkylation sites (N-methyl/N-ethyl adjacent to an activating group) is 1. The molecule has 1 heterocycles. The molecule has 1 fully saturated rings. The minimum atomic E-state index is -0.0671. The molecule has 0 aromatic heterocycles. The number of nitrogens with zero attached hydrogens (tertiary/aromatic N) is 2. The molecule has 1 aliphatic heterocycles. The van der Waals surface area contributed by atoms with E-state index >= 15 is 0 Å². The van der Waals surface area contributed by atoms with E-state index < -0.39 is 0 Å². The fraction of sp³-hybridized carbons (Fsp3) is 0.429. The summed E-state index contributed by atoms with van der Waals surface area (Å²) < 4.78 is 0. The van der Waals surface area contributed by atoms with Crippen LogP contribution < -0.4 is 10.6 Å². The zero-order chi connectivity index (χ0) is 14.5. The van der Waals surface area contributed by atoms with Crippen LogP contribution in [0, 0.1) is 11.3 Å². The van der Waals surface area contributed by atoms with Gasteiger partial charge in [-0.1, -0.05) is 11.6 Å². The normalized spacial score (nSPS) is 18.8. The summed E-state index contributed by atoms with van der Waals surface area (Å²) in [6, 6.07) is 7.33. The zero-order valence-corrected chi connectivity index (χ0v) is 12.1. The van der Waals surface area contributed by atoms with Crippen molar-refractivity contribution in [3.63, 3.8) is 0 Å². The number of hydrogen-bond acceptors (Lipinski definition) is 4. The number of hydrogen-bond donors (Lipinski definition) is 2. The lowest BCUT2D eigenvalue weighted by Crippen LogP contribution is -2.34. The van der Waals surface area contributed by atoms with Crippen LogP contribution >= 0.6 is 11.6 Å². The minimum Gasteiger partial charge on any atom is -0.325 e. The molecule has 1 atom stereocenters. The van der Waals surface area contributed by atoms with Crippen LogP contribution in [0.15, 0.2) is 18.2 Å². The van der Waals surface area contributed by atoms with Crippen LogP contribution in [-0.4, -0.2) is 43.5 Å². The Kier molecular flexibility index (Phi) is 4.96. The maximum atomic E-state index is 11.9. The van der Waals surface area contributed by atoms with Crippen molar-refractivity contribution in [2.75, 3.05) is 32.0 Å². The van der Waals surface area contributed by atoms with Gasteiger partial charge in [0.25, 0.3) is 0 Å². The Balaban J connectivity index is 1.89. The lowest BCUT2D eigenvalue weighted by Gasteiger charge is -2.15. The number of nitriles is 1. The largest absolute Gasteiger partial charge is 0.325 e. The summed E-state index contributed by atoms with van der Waals surface area (Å²) in [7, 11) is 1.94. The molecule has 2 rings (SSSR count). The van der Waals surface area contributed by atoms with Crippen molar-refractivity contribution >= 4 is 23.2 Å². The van der Waals surface area contributed by atoms with Gasteiger partial charge in [-0.2, -0.15) is 5.26 Å². The van der Waals surface area contributed by atoms with E-state index in [0.29, 0.717) is 28.9 Å². The summed E-state index contributed by atoms with van der Waals surface area (Å²) in [5.74, 6) is -0.0671. The molecule has 1 aromatic rings. The lowest BCUT2D eigenvalue weighted by atomic mass is 10.2. The predicted molar refractivity (Wildman–Crippen MR) is 78.7 cm³/mol. The number of carbonyl (C=O) groups excluding carboxylic acids is 1. The summed E-state index contributed by atoms with van der Waals surface area (Å²) >= 11 is 5.93. The standard InChI is InChI=1S/C14H17ClN4O/c1-17-12-4-5-19(8-12)9-14(20)18-11-3-2-10(7-16)13(15)6-11/h2-3,6,12,17H,4-5,8-9H2,1H3,(H,18,20). The second kappa shape index (κ2) is 6.71. The van der Waals surface area contributed by atoms with Crippen LogP contribution in [0.2, 0.25) is 5.02 Å². The van der Waals surface area contributed by atoms with Crippen molar-refractivity contribution in [2.24, 2.45) is 0 Å². The number of rotatable bonds is 4. The summed E-state index contributed by atoms with van der Waals surface area (Å²) in [6.45, 7) is 2.18. The van der Waals surface area contributed by atoms with Gasteiger partial charge in [0, 0.05) is 24.8 Å². The topological polar surface area (TPSA) is 68.2 Å². The van der Waals surface area contributed by atoms with Crippen molar-refractivity contribution in [3.05, 3.63) is 28.8 Å². The summed E-state index contributed by atoms with van der Waals surface area (Å²) in [5.41, 5.74) is 1.02. The molecule has 106 valence electrons. The Morgan fingerprint density at radius 2 is 2.40 bits per heavy atom. The highest BCUT2D eigenvalue weighted by Crippen LogP contribution is 2.20. The number of benzene rings is 1. The smallest absolute Gasteiger partial charge is 0.238 e. The van der Waals surface area contributed by atoms with Gasteiger partial charge in [-0.3, -0.25) is 9.69 Å². The fourth-order valence-corrected chi connectivity index (χ4v) is 2.52. The van der Waals surface area contributed by atoms with Crippen LogP contribution in [0.4, 0.5) is 5.69 Å². The van der Waals surface area contributed by atoms with Crippen molar-refractivity contribution < 1.29 is 4.79 Å². The first-order valence-corrected chi connectivity index (χ1v) is 6.89. The SMILES string of the molecule is CNC1CCN(CC(=O)Nc2ccc(C#N)c(Cl)c2)C1. The van der Waals surface area contributed by atoms with Gasteiger partial charge in [0.2, 0.25) is 5.91 Å². The van der Waals surface area contributed by atoms with E-state index in [0.717, 1.165) is 19.5 Å². The average Bonchev–Trinajstić information content (AvgIpc) is 2.86. The molecule has 1 aliphatic rings. The van der Waals surface area contributed by atoms with E-state index in [1.807, 2.05) is 13.1 Å². The quantitative estimate of drug-likeness (QED) is 0.881. The molecule has 1 amide bonds. The minimum absolute atomic E-state index is 0.0671. The van der Waals surface area contributed by atoms with E-state index in [1.54, 1.807) is 18.2 Å². The molecule has 0 radical (unpaired) electrons.